The van der Waals surface area contributed by atoms with Crippen molar-refractivity contribution in [2.24, 2.45) is 0 Å². The first-order chi connectivity index (χ1) is 9.97. The van der Waals surface area contributed by atoms with Crippen molar-refractivity contribution in [1.29, 1.82) is 0 Å². The zero-order valence-electron chi connectivity index (χ0n) is 11.9. The van der Waals surface area contributed by atoms with Gasteiger partial charge >= 0.3 is 0 Å². The molecule has 0 saturated carbocycles. The highest BCUT2D eigenvalue weighted by Gasteiger charge is 2.07. The van der Waals surface area contributed by atoms with Crippen LogP contribution in [0.5, 0.6) is 0 Å². The van der Waals surface area contributed by atoms with Gasteiger partial charge in [0, 0.05) is 31.9 Å². The standard InChI is InChI=1S/C16H16BrFN2O/c1-20(2)16(21)12-4-6-13(7-5-12)19-10-11-3-8-14(17)15(18)9-11/h3-9,19H,10H2,1-2H3. The molecule has 1 N–H and O–H groups in total. The van der Waals surface area contributed by atoms with Gasteiger partial charge in [-0.1, -0.05) is 6.07 Å². The second kappa shape index (κ2) is 6.72. The molecule has 110 valence electrons. The third kappa shape index (κ3) is 4.04. The van der Waals surface area contributed by atoms with E-state index in [0.29, 0.717) is 16.6 Å². The highest BCUT2D eigenvalue weighted by molar-refractivity contribution is 9.10. The van der Waals surface area contributed by atoms with Crippen LogP contribution in [0.25, 0.3) is 0 Å². The maximum absolute atomic E-state index is 13.4. The lowest BCUT2D eigenvalue weighted by molar-refractivity contribution is 0.0827. The number of anilines is 1. The molecule has 0 aliphatic rings. The summed E-state index contributed by atoms with van der Waals surface area (Å²) in [6.07, 6.45) is 0. The van der Waals surface area contributed by atoms with Crippen molar-refractivity contribution in [2.75, 3.05) is 19.4 Å². The van der Waals surface area contributed by atoms with Gasteiger partial charge in [0.05, 0.1) is 4.47 Å². The fraction of sp³-hybridized carbons (Fsp3) is 0.188. The van der Waals surface area contributed by atoms with Gasteiger partial charge in [-0.25, -0.2) is 4.39 Å². The fourth-order valence-corrected chi connectivity index (χ4v) is 2.09. The van der Waals surface area contributed by atoms with Crippen LogP contribution in [-0.4, -0.2) is 24.9 Å². The molecule has 0 atom stereocenters. The monoisotopic (exact) mass is 350 g/mol. The van der Waals surface area contributed by atoms with Gasteiger partial charge in [0.15, 0.2) is 0 Å². The molecule has 0 bridgehead atoms. The van der Waals surface area contributed by atoms with E-state index in [0.717, 1.165) is 11.3 Å². The largest absolute Gasteiger partial charge is 0.381 e. The second-order valence-electron chi connectivity index (χ2n) is 4.88. The fourth-order valence-electron chi connectivity index (χ4n) is 1.84. The Morgan fingerprint density at radius 3 is 2.43 bits per heavy atom. The van der Waals surface area contributed by atoms with E-state index in [-0.39, 0.29) is 11.7 Å². The van der Waals surface area contributed by atoms with Crippen LogP contribution < -0.4 is 5.32 Å². The van der Waals surface area contributed by atoms with Crippen LogP contribution in [0.2, 0.25) is 0 Å². The van der Waals surface area contributed by atoms with E-state index in [4.69, 9.17) is 0 Å². The molecular weight excluding hydrogens is 335 g/mol. The zero-order valence-corrected chi connectivity index (χ0v) is 13.4. The Balaban J connectivity index is 2.00. The molecule has 0 radical (unpaired) electrons. The molecule has 1 amide bonds. The lowest BCUT2D eigenvalue weighted by Crippen LogP contribution is -2.21. The van der Waals surface area contributed by atoms with Gasteiger partial charge < -0.3 is 10.2 Å². The predicted octanol–water partition coefficient (Wildman–Crippen LogP) is 3.90. The number of carbonyl (C=O) groups is 1. The average Bonchev–Trinajstić information content (AvgIpc) is 2.48. The summed E-state index contributed by atoms with van der Waals surface area (Å²) in [5.41, 5.74) is 2.37. The van der Waals surface area contributed by atoms with Crippen LogP contribution in [0.4, 0.5) is 10.1 Å². The van der Waals surface area contributed by atoms with Crippen molar-refractivity contribution in [2.45, 2.75) is 6.54 Å². The van der Waals surface area contributed by atoms with Gasteiger partial charge in [0.25, 0.3) is 5.91 Å². The minimum absolute atomic E-state index is 0.0310. The summed E-state index contributed by atoms with van der Waals surface area (Å²) in [5.74, 6) is -0.308. The maximum Gasteiger partial charge on any atom is 0.253 e. The quantitative estimate of drug-likeness (QED) is 0.906. The number of rotatable bonds is 4. The van der Waals surface area contributed by atoms with E-state index in [2.05, 4.69) is 21.2 Å². The van der Waals surface area contributed by atoms with E-state index in [1.54, 1.807) is 32.3 Å². The first-order valence-corrected chi connectivity index (χ1v) is 7.26. The zero-order chi connectivity index (χ0) is 15.4. The summed E-state index contributed by atoms with van der Waals surface area (Å²) in [6.45, 7) is 0.519. The van der Waals surface area contributed by atoms with E-state index < -0.39 is 0 Å². The summed E-state index contributed by atoms with van der Waals surface area (Å²) in [6, 6.07) is 12.2. The molecule has 0 aliphatic carbocycles. The molecule has 3 nitrogen and oxygen atoms in total. The first-order valence-electron chi connectivity index (χ1n) is 6.47. The van der Waals surface area contributed by atoms with Gasteiger partial charge in [-0.05, 0) is 57.9 Å². The van der Waals surface area contributed by atoms with Crippen LogP contribution in [0.1, 0.15) is 15.9 Å². The van der Waals surface area contributed by atoms with Crippen molar-refractivity contribution in [3.8, 4) is 0 Å². The van der Waals surface area contributed by atoms with Gasteiger partial charge in [-0.3, -0.25) is 4.79 Å². The first kappa shape index (κ1) is 15.5. The van der Waals surface area contributed by atoms with E-state index >= 15 is 0 Å². The molecule has 2 aromatic rings. The smallest absolute Gasteiger partial charge is 0.253 e. The molecule has 0 spiro atoms. The Morgan fingerprint density at radius 1 is 1.19 bits per heavy atom. The molecule has 0 aromatic heterocycles. The third-order valence-electron chi connectivity index (χ3n) is 3.02. The Hall–Kier alpha value is -1.88. The molecule has 2 rings (SSSR count). The van der Waals surface area contributed by atoms with Crippen molar-refractivity contribution in [1.82, 2.24) is 4.90 Å². The number of hydrogen-bond acceptors (Lipinski definition) is 2. The molecule has 0 heterocycles. The highest BCUT2D eigenvalue weighted by Crippen LogP contribution is 2.18. The maximum atomic E-state index is 13.4. The lowest BCUT2D eigenvalue weighted by Gasteiger charge is -2.11. The molecule has 2 aromatic carbocycles. The second-order valence-corrected chi connectivity index (χ2v) is 5.73. The van der Waals surface area contributed by atoms with Gasteiger partial charge in [0.2, 0.25) is 0 Å². The van der Waals surface area contributed by atoms with Crippen molar-refractivity contribution < 1.29 is 9.18 Å². The van der Waals surface area contributed by atoms with Crippen LogP contribution in [-0.2, 0) is 6.54 Å². The Morgan fingerprint density at radius 2 is 1.86 bits per heavy atom. The van der Waals surface area contributed by atoms with Crippen molar-refractivity contribution >= 4 is 27.5 Å². The third-order valence-corrected chi connectivity index (χ3v) is 3.66. The normalized spacial score (nSPS) is 10.3. The summed E-state index contributed by atoms with van der Waals surface area (Å²) in [7, 11) is 3.44. The molecule has 0 fully saturated rings. The molecule has 21 heavy (non-hydrogen) atoms. The summed E-state index contributed by atoms with van der Waals surface area (Å²) in [4.78, 5) is 13.3. The lowest BCUT2D eigenvalue weighted by atomic mass is 10.1. The van der Waals surface area contributed by atoms with Gasteiger partial charge in [0.1, 0.15) is 5.82 Å². The molecular formula is C16H16BrFN2O. The van der Waals surface area contributed by atoms with Gasteiger partial charge in [-0.15, -0.1) is 0 Å². The average molecular weight is 351 g/mol. The number of benzene rings is 2. The Labute approximate surface area is 131 Å². The number of amides is 1. The number of carbonyl (C=O) groups excluding carboxylic acids is 1. The Kier molecular flexibility index (Phi) is 4.96. The van der Waals surface area contributed by atoms with Crippen molar-refractivity contribution in [3.63, 3.8) is 0 Å². The summed E-state index contributed by atoms with van der Waals surface area (Å²) >= 11 is 3.13. The number of hydrogen-bond donors (Lipinski definition) is 1. The number of nitrogens with one attached hydrogen (secondary N) is 1. The minimum Gasteiger partial charge on any atom is -0.381 e. The molecule has 0 aliphatic heterocycles. The van der Waals surface area contributed by atoms with E-state index in [1.165, 1.54) is 11.0 Å². The minimum atomic E-state index is -0.277. The topological polar surface area (TPSA) is 32.3 Å². The van der Waals surface area contributed by atoms with E-state index in [1.807, 2.05) is 18.2 Å². The van der Waals surface area contributed by atoms with Gasteiger partial charge in [-0.2, -0.15) is 0 Å². The van der Waals surface area contributed by atoms with Crippen LogP contribution >= 0.6 is 15.9 Å². The molecule has 0 saturated heterocycles. The summed E-state index contributed by atoms with van der Waals surface area (Å²) < 4.78 is 13.9. The van der Waals surface area contributed by atoms with Crippen LogP contribution in [0.3, 0.4) is 0 Å². The molecule has 0 unspecified atom stereocenters. The highest BCUT2D eigenvalue weighted by atomic mass is 79.9. The van der Waals surface area contributed by atoms with E-state index in [9.17, 15) is 9.18 Å². The predicted molar refractivity (Wildman–Crippen MR) is 85.9 cm³/mol. The van der Waals surface area contributed by atoms with Crippen molar-refractivity contribution in [3.05, 3.63) is 63.9 Å². The molecule has 5 heteroatoms. The number of halogens is 2. The number of nitrogens with zero attached hydrogens (tertiary/aromatic N) is 1. The summed E-state index contributed by atoms with van der Waals surface area (Å²) in [5, 5.41) is 3.20. The Bertz CT molecular complexity index is 641. The van der Waals surface area contributed by atoms with Crippen LogP contribution in [0, 0.1) is 5.82 Å². The van der Waals surface area contributed by atoms with Crippen LogP contribution in [0.15, 0.2) is 46.9 Å². The SMILES string of the molecule is CN(C)C(=O)c1ccc(NCc2ccc(Br)c(F)c2)cc1.